The molecule has 0 saturated heterocycles. The maximum atomic E-state index is 12.7. The normalized spacial score (nSPS) is 11.2. The molecule has 0 atom stereocenters. The van der Waals surface area contributed by atoms with E-state index in [9.17, 15) is 13.2 Å². The highest BCUT2D eigenvalue weighted by Gasteiger charge is 2.32. The standard InChI is InChI=1S/C14H12F3N3S/c1-20(10-5-2-4-9(8-10)13(18)21)12-7-3-6-11(19-12)14(15,16)17/h2-8H,1H3,(H2,18,21). The van der Waals surface area contributed by atoms with Crippen LogP contribution in [-0.4, -0.2) is 17.0 Å². The number of rotatable bonds is 3. The van der Waals surface area contributed by atoms with E-state index in [1.807, 2.05) is 0 Å². The molecule has 2 N–H and O–H groups in total. The van der Waals surface area contributed by atoms with Gasteiger partial charge in [0.15, 0.2) is 0 Å². The molecule has 0 unspecified atom stereocenters. The number of nitrogens with two attached hydrogens (primary N) is 1. The first-order valence-electron chi connectivity index (χ1n) is 5.97. The smallest absolute Gasteiger partial charge is 0.389 e. The van der Waals surface area contributed by atoms with E-state index < -0.39 is 11.9 Å². The van der Waals surface area contributed by atoms with E-state index in [0.29, 0.717) is 11.3 Å². The summed E-state index contributed by atoms with van der Waals surface area (Å²) in [6, 6.07) is 10.7. The third-order valence-electron chi connectivity index (χ3n) is 2.89. The molecule has 0 fully saturated rings. The van der Waals surface area contributed by atoms with Crippen molar-refractivity contribution in [1.29, 1.82) is 0 Å². The molecule has 21 heavy (non-hydrogen) atoms. The summed E-state index contributed by atoms with van der Waals surface area (Å²) in [5, 5.41) is 0. The number of hydrogen-bond acceptors (Lipinski definition) is 3. The van der Waals surface area contributed by atoms with E-state index in [0.717, 1.165) is 6.07 Å². The van der Waals surface area contributed by atoms with Gasteiger partial charge in [0.25, 0.3) is 0 Å². The molecule has 0 amide bonds. The zero-order valence-corrected chi connectivity index (χ0v) is 11.9. The molecule has 0 bridgehead atoms. The molecule has 7 heteroatoms. The SMILES string of the molecule is CN(c1cccc(C(N)=S)c1)c1cccc(C(F)(F)F)n1. The largest absolute Gasteiger partial charge is 0.433 e. The lowest BCUT2D eigenvalue weighted by Gasteiger charge is -2.20. The first-order chi connectivity index (χ1) is 9.79. The third-order valence-corrected chi connectivity index (χ3v) is 3.12. The van der Waals surface area contributed by atoms with Crippen LogP contribution in [0.2, 0.25) is 0 Å². The van der Waals surface area contributed by atoms with Gasteiger partial charge in [-0.25, -0.2) is 4.98 Å². The molecule has 0 spiro atoms. The number of pyridine rings is 1. The Bertz CT molecular complexity index is 671. The number of alkyl halides is 3. The number of nitrogens with zero attached hydrogens (tertiary/aromatic N) is 2. The highest BCUT2D eigenvalue weighted by Crippen LogP contribution is 2.30. The van der Waals surface area contributed by atoms with Gasteiger partial charge in [0, 0.05) is 18.3 Å². The van der Waals surface area contributed by atoms with Crippen LogP contribution in [0, 0.1) is 0 Å². The van der Waals surface area contributed by atoms with Crippen molar-refractivity contribution in [2.24, 2.45) is 5.73 Å². The average Bonchev–Trinajstić information content (AvgIpc) is 2.46. The minimum Gasteiger partial charge on any atom is -0.389 e. The predicted octanol–water partition coefficient (Wildman–Crippen LogP) is 3.50. The third kappa shape index (κ3) is 3.49. The fourth-order valence-electron chi connectivity index (χ4n) is 1.77. The van der Waals surface area contributed by atoms with Crippen molar-refractivity contribution in [3.05, 3.63) is 53.7 Å². The van der Waals surface area contributed by atoms with Gasteiger partial charge < -0.3 is 10.6 Å². The Kier molecular flexibility index (Phi) is 4.13. The van der Waals surface area contributed by atoms with E-state index in [4.69, 9.17) is 18.0 Å². The second-order valence-electron chi connectivity index (χ2n) is 4.35. The molecule has 1 heterocycles. The Hall–Kier alpha value is -2.15. The summed E-state index contributed by atoms with van der Waals surface area (Å²) in [6.45, 7) is 0. The van der Waals surface area contributed by atoms with Crippen LogP contribution in [0.15, 0.2) is 42.5 Å². The van der Waals surface area contributed by atoms with Crippen LogP contribution in [0.3, 0.4) is 0 Å². The number of benzene rings is 1. The molecular weight excluding hydrogens is 299 g/mol. The second kappa shape index (κ2) is 5.69. The van der Waals surface area contributed by atoms with Crippen molar-refractivity contribution >= 4 is 28.7 Å². The van der Waals surface area contributed by atoms with Crippen molar-refractivity contribution in [2.75, 3.05) is 11.9 Å². The topological polar surface area (TPSA) is 42.1 Å². The Morgan fingerprint density at radius 1 is 1.19 bits per heavy atom. The van der Waals surface area contributed by atoms with Gasteiger partial charge in [-0.3, -0.25) is 0 Å². The van der Waals surface area contributed by atoms with Gasteiger partial charge in [-0.05, 0) is 24.3 Å². The van der Waals surface area contributed by atoms with Crippen molar-refractivity contribution in [2.45, 2.75) is 6.18 Å². The molecule has 0 radical (unpaired) electrons. The van der Waals surface area contributed by atoms with Gasteiger partial charge in [0.05, 0.1) is 0 Å². The van der Waals surface area contributed by atoms with Crippen molar-refractivity contribution in [3.63, 3.8) is 0 Å². The molecule has 3 nitrogen and oxygen atoms in total. The summed E-state index contributed by atoms with van der Waals surface area (Å²) in [7, 11) is 1.63. The number of aromatic nitrogens is 1. The summed E-state index contributed by atoms with van der Waals surface area (Å²) >= 11 is 4.89. The predicted molar refractivity (Wildman–Crippen MR) is 79.6 cm³/mol. The summed E-state index contributed by atoms with van der Waals surface area (Å²) < 4.78 is 38.1. The van der Waals surface area contributed by atoms with Crippen LogP contribution < -0.4 is 10.6 Å². The lowest BCUT2D eigenvalue weighted by Crippen LogP contribution is -2.16. The van der Waals surface area contributed by atoms with E-state index >= 15 is 0 Å². The van der Waals surface area contributed by atoms with Crippen molar-refractivity contribution in [1.82, 2.24) is 4.98 Å². The zero-order chi connectivity index (χ0) is 15.6. The fraction of sp³-hybridized carbons (Fsp3) is 0.143. The maximum absolute atomic E-state index is 12.7. The van der Waals surface area contributed by atoms with Gasteiger partial charge in [-0.15, -0.1) is 0 Å². The van der Waals surface area contributed by atoms with Gasteiger partial charge in [0.2, 0.25) is 0 Å². The molecule has 1 aromatic heterocycles. The highest BCUT2D eigenvalue weighted by atomic mass is 32.1. The number of thiocarbonyl (C=S) groups is 1. The van der Waals surface area contributed by atoms with Crippen LogP contribution in [0.1, 0.15) is 11.3 Å². The molecule has 110 valence electrons. The molecular formula is C14H12F3N3S. The maximum Gasteiger partial charge on any atom is 0.433 e. The van der Waals surface area contributed by atoms with Gasteiger partial charge in [-0.2, -0.15) is 13.2 Å². The van der Waals surface area contributed by atoms with Gasteiger partial charge in [-0.1, -0.05) is 30.4 Å². The van der Waals surface area contributed by atoms with E-state index in [1.54, 1.807) is 31.3 Å². The summed E-state index contributed by atoms with van der Waals surface area (Å²) in [6.07, 6.45) is -4.47. The Labute approximate surface area is 125 Å². The first-order valence-corrected chi connectivity index (χ1v) is 6.38. The van der Waals surface area contributed by atoms with E-state index in [-0.39, 0.29) is 10.8 Å². The molecule has 0 aliphatic rings. The molecule has 2 aromatic rings. The van der Waals surface area contributed by atoms with E-state index in [1.165, 1.54) is 17.0 Å². The molecule has 0 saturated carbocycles. The molecule has 1 aromatic carbocycles. The Balaban J connectivity index is 2.38. The zero-order valence-electron chi connectivity index (χ0n) is 11.1. The van der Waals surface area contributed by atoms with Crippen LogP contribution in [-0.2, 0) is 6.18 Å². The van der Waals surface area contributed by atoms with Gasteiger partial charge >= 0.3 is 6.18 Å². The van der Waals surface area contributed by atoms with Crippen LogP contribution in [0.4, 0.5) is 24.7 Å². The van der Waals surface area contributed by atoms with Crippen LogP contribution in [0.25, 0.3) is 0 Å². The minimum atomic E-state index is -4.47. The van der Waals surface area contributed by atoms with Gasteiger partial charge in [0.1, 0.15) is 16.5 Å². The molecule has 2 rings (SSSR count). The lowest BCUT2D eigenvalue weighted by molar-refractivity contribution is -0.141. The minimum absolute atomic E-state index is 0.185. The summed E-state index contributed by atoms with van der Waals surface area (Å²) in [5.74, 6) is 0.185. The Morgan fingerprint density at radius 2 is 1.86 bits per heavy atom. The average molecular weight is 311 g/mol. The van der Waals surface area contributed by atoms with Crippen LogP contribution >= 0.6 is 12.2 Å². The number of hydrogen-bond donors (Lipinski definition) is 1. The number of halogens is 3. The monoisotopic (exact) mass is 311 g/mol. The second-order valence-corrected chi connectivity index (χ2v) is 4.79. The Morgan fingerprint density at radius 3 is 2.48 bits per heavy atom. The quantitative estimate of drug-likeness (QED) is 0.881. The van der Waals surface area contributed by atoms with Crippen molar-refractivity contribution in [3.8, 4) is 0 Å². The fourth-order valence-corrected chi connectivity index (χ4v) is 1.89. The first kappa shape index (κ1) is 15.2. The highest BCUT2D eigenvalue weighted by molar-refractivity contribution is 7.80. The summed E-state index contributed by atoms with van der Waals surface area (Å²) in [5.41, 5.74) is 5.90. The van der Waals surface area contributed by atoms with E-state index in [2.05, 4.69) is 4.98 Å². The van der Waals surface area contributed by atoms with Crippen LogP contribution in [0.5, 0.6) is 0 Å². The number of anilines is 2. The van der Waals surface area contributed by atoms with Crippen molar-refractivity contribution < 1.29 is 13.2 Å². The molecule has 0 aliphatic carbocycles. The lowest BCUT2D eigenvalue weighted by atomic mass is 10.2. The molecule has 0 aliphatic heterocycles. The summed E-state index contributed by atoms with van der Waals surface area (Å²) in [4.78, 5) is 5.39.